The maximum atomic E-state index is 5.15. The molecule has 0 spiro atoms. The van der Waals surface area contributed by atoms with Gasteiger partial charge in [0.15, 0.2) is 0 Å². The van der Waals surface area contributed by atoms with Crippen molar-refractivity contribution in [1.82, 2.24) is 14.5 Å². The summed E-state index contributed by atoms with van der Waals surface area (Å²) in [5, 5.41) is 4.81. The third-order valence-corrected chi connectivity index (χ3v) is 8.04. The van der Waals surface area contributed by atoms with Gasteiger partial charge in [-0.25, -0.2) is 4.98 Å². The number of hydrogen-bond donors (Lipinski definition) is 1. The predicted molar refractivity (Wildman–Crippen MR) is 178 cm³/mol. The van der Waals surface area contributed by atoms with Crippen molar-refractivity contribution in [3.8, 4) is 50.6 Å². The van der Waals surface area contributed by atoms with Crippen molar-refractivity contribution in [2.45, 2.75) is 0 Å². The van der Waals surface area contributed by atoms with E-state index in [1.165, 1.54) is 33.4 Å². The summed E-state index contributed by atoms with van der Waals surface area (Å²) in [6, 6.07) is 46.8. The lowest BCUT2D eigenvalue weighted by molar-refractivity contribution is 1.10. The second-order valence-corrected chi connectivity index (χ2v) is 10.7. The molecule has 0 radical (unpaired) electrons. The van der Waals surface area contributed by atoms with Gasteiger partial charge in [-0.05, 0) is 76.9 Å². The van der Waals surface area contributed by atoms with Crippen LogP contribution in [0.3, 0.4) is 0 Å². The third-order valence-electron chi connectivity index (χ3n) is 8.04. The zero-order chi connectivity index (χ0) is 28.6. The first-order valence-corrected chi connectivity index (χ1v) is 14.6. The number of hydrogen-bond acceptors (Lipinski definition) is 3. The van der Waals surface area contributed by atoms with Crippen molar-refractivity contribution in [3.63, 3.8) is 0 Å². The SMILES string of the molecule is C1=Cc2c(c3ccccc3n2-c2cccc(-c3cc(-c4cccc(-c5ccccc5)c4)cc(-c4ccccn4)n3)c2)NC1. The number of rotatable bonds is 5. The molecule has 3 aromatic heterocycles. The minimum atomic E-state index is 0.833. The monoisotopic (exact) mass is 552 g/mol. The van der Waals surface area contributed by atoms with Crippen LogP contribution in [0, 0.1) is 0 Å². The van der Waals surface area contributed by atoms with E-state index in [4.69, 9.17) is 4.98 Å². The molecule has 0 fully saturated rings. The zero-order valence-corrected chi connectivity index (χ0v) is 23.5. The smallest absolute Gasteiger partial charge is 0.0899 e. The first kappa shape index (κ1) is 25.0. The summed E-state index contributed by atoms with van der Waals surface area (Å²) in [5.41, 5.74) is 12.9. The molecule has 1 N–H and O–H groups in total. The summed E-state index contributed by atoms with van der Waals surface area (Å²) in [6.45, 7) is 0.833. The molecule has 0 amide bonds. The van der Waals surface area contributed by atoms with E-state index in [2.05, 4.69) is 142 Å². The second kappa shape index (κ2) is 10.6. The minimum absolute atomic E-state index is 0.833. The van der Waals surface area contributed by atoms with Gasteiger partial charge in [0, 0.05) is 29.4 Å². The molecule has 0 aliphatic carbocycles. The maximum Gasteiger partial charge on any atom is 0.0899 e. The Morgan fingerprint density at radius 2 is 1.30 bits per heavy atom. The first-order chi connectivity index (χ1) is 21.3. The van der Waals surface area contributed by atoms with Crippen LogP contribution >= 0.6 is 0 Å². The fraction of sp³-hybridized carbons (Fsp3) is 0.0256. The van der Waals surface area contributed by atoms with E-state index < -0.39 is 0 Å². The van der Waals surface area contributed by atoms with Gasteiger partial charge in [0.05, 0.1) is 34.0 Å². The molecule has 4 heterocycles. The van der Waals surface area contributed by atoms with E-state index in [0.717, 1.165) is 46.0 Å². The average molecular weight is 553 g/mol. The maximum absolute atomic E-state index is 5.15. The second-order valence-electron chi connectivity index (χ2n) is 10.7. The zero-order valence-electron chi connectivity index (χ0n) is 23.5. The van der Waals surface area contributed by atoms with Gasteiger partial charge in [0.1, 0.15) is 0 Å². The lowest BCUT2D eigenvalue weighted by Crippen LogP contribution is -2.06. The van der Waals surface area contributed by atoms with E-state index in [0.29, 0.717) is 0 Å². The molecule has 0 bridgehead atoms. The van der Waals surface area contributed by atoms with Crippen molar-refractivity contribution in [1.29, 1.82) is 0 Å². The minimum Gasteiger partial charge on any atom is -0.379 e. The van der Waals surface area contributed by atoms with Crippen molar-refractivity contribution < 1.29 is 0 Å². The van der Waals surface area contributed by atoms with E-state index in [-0.39, 0.29) is 0 Å². The Morgan fingerprint density at radius 1 is 0.558 bits per heavy atom. The summed E-state index contributed by atoms with van der Waals surface area (Å²) in [6.07, 6.45) is 6.22. The Morgan fingerprint density at radius 3 is 2.19 bits per heavy atom. The highest BCUT2D eigenvalue weighted by atomic mass is 15.0. The number of fused-ring (bicyclic) bond motifs is 3. The Hall–Kier alpha value is -5.74. The van der Waals surface area contributed by atoms with Gasteiger partial charge >= 0.3 is 0 Å². The van der Waals surface area contributed by atoms with Crippen LogP contribution in [0.2, 0.25) is 0 Å². The van der Waals surface area contributed by atoms with Crippen molar-refractivity contribution in [2.24, 2.45) is 0 Å². The van der Waals surface area contributed by atoms with Gasteiger partial charge in [0.25, 0.3) is 0 Å². The van der Waals surface area contributed by atoms with Crippen LogP contribution in [0.5, 0.6) is 0 Å². The number of para-hydroxylation sites is 1. The Labute approximate surface area is 250 Å². The Kier molecular flexibility index (Phi) is 6.16. The molecule has 204 valence electrons. The summed E-state index contributed by atoms with van der Waals surface area (Å²) in [5.74, 6) is 0. The lowest BCUT2D eigenvalue weighted by Gasteiger charge is -2.15. The molecule has 0 saturated heterocycles. The molecule has 1 aliphatic heterocycles. The van der Waals surface area contributed by atoms with E-state index in [1.807, 2.05) is 24.4 Å². The normalized spacial score (nSPS) is 12.2. The van der Waals surface area contributed by atoms with Gasteiger partial charge in [-0.2, -0.15) is 0 Å². The van der Waals surface area contributed by atoms with Gasteiger partial charge in [0.2, 0.25) is 0 Å². The largest absolute Gasteiger partial charge is 0.379 e. The van der Waals surface area contributed by atoms with Crippen LogP contribution in [0.1, 0.15) is 5.69 Å². The van der Waals surface area contributed by atoms with Gasteiger partial charge in [-0.3, -0.25) is 4.98 Å². The molecule has 7 aromatic rings. The molecule has 43 heavy (non-hydrogen) atoms. The highest BCUT2D eigenvalue weighted by Crippen LogP contribution is 2.38. The third kappa shape index (κ3) is 4.59. The van der Waals surface area contributed by atoms with Crippen LogP contribution in [0.4, 0.5) is 5.69 Å². The van der Waals surface area contributed by atoms with Gasteiger partial charge in [-0.1, -0.05) is 91.0 Å². The van der Waals surface area contributed by atoms with E-state index in [9.17, 15) is 0 Å². The number of nitrogens with one attached hydrogen (secondary N) is 1. The predicted octanol–water partition coefficient (Wildman–Crippen LogP) is 9.53. The molecular formula is C39H28N4. The molecule has 0 atom stereocenters. The standard InChI is InChI=1S/C39H28N4/c1-2-11-27(12-3-1)28-13-8-14-29(23-28)31-25-35(42-36(26-31)34-18-6-7-21-40-34)30-15-9-16-32(24-30)43-37-19-5-4-17-33(37)39-38(43)20-10-22-41-39/h1-21,23-26,41H,22H2. The number of anilines is 1. The number of aromatic nitrogens is 3. The molecule has 4 nitrogen and oxygen atoms in total. The van der Waals surface area contributed by atoms with Gasteiger partial charge in [-0.15, -0.1) is 0 Å². The molecule has 4 heteroatoms. The van der Waals surface area contributed by atoms with Gasteiger partial charge < -0.3 is 9.88 Å². The Bertz CT molecular complexity index is 2120. The van der Waals surface area contributed by atoms with Crippen molar-refractivity contribution in [2.75, 3.05) is 11.9 Å². The van der Waals surface area contributed by atoms with Crippen LogP contribution in [-0.4, -0.2) is 21.1 Å². The molecule has 4 aromatic carbocycles. The van der Waals surface area contributed by atoms with E-state index in [1.54, 1.807) is 0 Å². The summed E-state index contributed by atoms with van der Waals surface area (Å²) in [4.78, 5) is 9.80. The molecular weight excluding hydrogens is 524 g/mol. The molecule has 1 aliphatic rings. The quantitative estimate of drug-likeness (QED) is 0.231. The summed E-state index contributed by atoms with van der Waals surface area (Å²) >= 11 is 0. The fourth-order valence-corrected chi connectivity index (χ4v) is 6.02. The van der Waals surface area contributed by atoms with Crippen molar-refractivity contribution in [3.05, 3.63) is 151 Å². The first-order valence-electron chi connectivity index (χ1n) is 14.6. The molecule has 0 unspecified atom stereocenters. The van der Waals surface area contributed by atoms with E-state index >= 15 is 0 Å². The van der Waals surface area contributed by atoms with Crippen LogP contribution < -0.4 is 5.32 Å². The molecule has 0 saturated carbocycles. The highest BCUT2D eigenvalue weighted by Gasteiger charge is 2.19. The number of nitrogens with zero attached hydrogens (tertiary/aromatic N) is 3. The number of pyridine rings is 2. The summed E-state index contributed by atoms with van der Waals surface area (Å²) < 4.78 is 2.34. The van der Waals surface area contributed by atoms with Crippen LogP contribution in [0.15, 0.2) is 146 Å². The number of benzene rings is 4. The fourth-order valence-electron chi connectivity index (χ4n) is 6.02. The Balaban J connectivity index is 1.29. The van der Waals surface area contributed by atoms with Crippen molar-refractivity contribution >= 4 is 22.7 Å². The average Bonchev–Trinajstić information content (AvgIpc) is 3.43. The highest BCUT2D eigenvalue weighted by molar-refractivity contribution is 6.00. The van der Waals surface area contributed by atoms with Crippen LogP contribution in [-0.2, 0) is 0 Å². The van der Waals surface area contributed by atoms with Crippen LogP contribution in [0.25, 0.3) is 67.6 Å². The summed E-state index contributed by atoms with van der Waals surface area (Å²) in [7, 11) is 0. The topological polar surface area (TPSA) is 42.7 Å². The lowest BCUT2D eigenvalue weighted by atomic mass is 9.97. The molecule has 8 rings (SSSR count).